The fraction of sp³-hybridized carbons (Fsp3) is 0.667. The Labute approximate surface area is 128 Å². The highest BCUT2D eigenvalue weighted by atomic mass is 19.1. The quantitative estimate of drug-likeness (QED) is 0.817. The molecule has 1 aromatic carbocycles. The Hall–Kier alpha value is -0.930. The molecule has 2 nitrogen and oxygen atoms in total. The Balaban J connectivity index is 1.95. The zero-order chi connectivity index (χ0) is 15.2. The first-order valence-corrected chi connectivity index (χ1v) is 8.34. The van der Waals surface area contributed by atoms with Gasteiger partial charge in [-0.15, -0.1) is 0 Å². The Morgan fingerprint density at radius 2 is 1.76 bits per heavy atom. The summed E-state index contributed by atoms with van der Waals surface area (Å²) in [5.41, 5.74) is 1.18. The average molecular weight is 292 g/mol. The highest BCUT2D eigenvalue weighted by molar-refractivity contribution is 5.19. The molecule has 1 heterocycles. The molecule has 1 aliphatic rings. The van der Waals surface area contributed by atoms with Crippen LogP contribution in [0.1, 0.15) is 51.6 Å². The SMILES string of the molecule is CCC(NCC(C(C)C)N1CCCC1)c1ccc(F)cc1. The van der Waals surface area contributed by atoms with Gasteiger partial charge in [-0.3, -0.25) is 4.90 Å². The third-order valence-corrected chi connectivity index (χ3v) is 4.63. The van der Waals surface area contributed by atoms with Crippen LogP contribution < -0.4 is 5.32 Å². The molecule has 3 heteroatoms. The third-order valence-electron chi connectivity index (χ3n) is 4.63. The van der Waals surface area contributed by atoms with Crippen LogP contribution in [0.5, 0.6) is 0 Å². The van der Waals surface area contributed by atoms with Crippen molar-refractivity contribution in [3.8, 4) is 0 Å². The van der Waals surface area contributed by atoms with Gasteiger partial charge in [0.05, 0.1) is 0 Å². The van der Waals surface area contributed by atoms with Crippen molar-refractivity contribution in [2.75, 3.05) is 19.6 Å². The first-order valence-electron chi connectivity index (χ1n) is 8.34. The molecule has 118 valence electrons. The van der Waals surface area contributed by atoms with Gasteiger partial charge >= 0.3 is 0 Å². The summed E-state index contributed by atoms with van der Waals surface area (Å²) < 4.78 is 13.1. The maximum atomic E-state index is 13.1. The number of rotatable bonds is 7. The predicted octanol–water partition coefficient (Wildman–Crippen LogP) is 3.99. The van der Waals surface area contributed by atoms with Crippen molar-refractivity contribution in [2.45, 2.75) is 52.1 Å². The molecule has 2 rings (SSSR count). The van der Waals surface area contributed by atoms with Crippen LogP contribution in [0.15, 0.2) is 24.3 Å². The molecule has 1 aliphatic heterocycles. The van der Waals surface area contributed by atoms with E-state index in [4.69, 9.17) is 0 Å². The van der Waals surface area contributed by atoms with Gasteiger partial charge in [0.1, 0.15) is 5.82 Å². The average Bonchev–Trinajstić information content (AvgIpc) is 2.98. The summed E-state index contributed by atoms with van der Waals surface area (Å²) >= 11 is 0. The van der Waals surface area contributed by atoms with Crippen LogP contribution in [0, 0.1) is 11.7 Å². The topological polar surface area (TPSA) is 15.3 Å². The molecule has 0 spiro atoms. The van der Waals surface area contributed by atoms with Gasteiger partial charge in [0.2, 0.25) is 0 Å². The Bertz CT molecular complexity index is 410. The lowest BCUT2D eigenvalue weighted by atomic mass is 10.00. The molecule has 0 aliphatic carbocycles. The lowest BCUT2D eigenvalue weighted by molar-refractivity contribution is 0.181. The minimum absolute atomic E-state index is 0.161. The van der Waals surface area contributed by atoms with E-state index in [1.54, 1.807) is 12.1 Å². The van der Waals surface area contributed by atoms with Crippen LogP contribution in [0.4, 0.5) is 4.39 Å². The van der Waals surface area contributed by atoms with Crippen LogP contribution >= 0.6 is 0 Å². The van der Waals surface area contributed by atoms with Crippen LogP contribution in [-0.4, -0.2) is 30.6 Å². The number of hydrogen-bond donors (Lipinski definition) is 1. The van der Waals surface area contributed by atoms with E-state index in [0.717, 1.165) is 13.0 Å². The van der Waals surface area contributed by atoms with E-state index in [2.05, 4.69) is 31.0 Å². The van der Waals surface area contributed by atoms with Crippen molar-refractivity contribution in [2.24, 2.45) is 5.92 Å². The Kier molecular flexibility index (Phi) is 6.19. The molecule has 0 bridgehead atoms. The van der Waals surface area contributed by atoms with E-state index < -0.39 is 0 Å². The largest absolute Gasteiger partial charge is 0.308 e. The van der Waals surface area contributed by atoms with Crippen molar-refractivity contribution in [1.82, 2.24) is 10.2 Å². The number of likely N-dealkylation sites (tertiary alicyclic amines) is 1. The van der Waals surface area contributed by atoms with Gasteiger partial charge in [-0.2, -0.15) is 0 Å². The van der Waals surface area contributed by atoms with E-state index in [-0.39, 0.29) is 5.82 Å². The highest BCUT2D eigenvalue weighted by Crippen LogP contribution is 2.20. The molecular formula is C18H29FN2. The van der Waals surface area contributed by atoms with Crippen LogP contribution in [0.3, 0.4) is 0 Å². The Morgan fingerprint density at radius 1 is 1.14 bits per heavy atom. The van der Waals surface area contributed by atoms with E-state index in [0.29, 0.717) is 18.0 Å². The van der Waals surface area contributed by atoms with E-state index in [1.165, 1.54) is 31.5 Å². The first kappa shape index (κ1) is 16.4. The van der Waals surface area contributed by atoms with E-state index in [1.807, 2.05) is 12.1 Å². The van der Waals surface area contributed by atoms with Crippen LogP contribution in [0.2, 0.25) is 0 Å². The lowest BCUT2D eigenvalue weighted by Gasteiger charge is -2.32. The third kappa shape index (κ3) is 4.52. The fourth-order valence-corrected chi connectivity index (χ4v) is 3.32. The molecule has 0 saturated carbocycles. The molecule has 1 aromatic rings. The molecule has 2 atom stereocenters. The minimum Gasteiger partial charge on any atom is -0.308 e. The number of benzene rings is 1. The van der Waals surface area contributed by atoms with Crippen molar-refractivity contribution in [3.05, 3.63) is 35.6 Å². The van der Waals surface area contributed by atoms with E-state index >= 15 is 0 Å². The molecule has 1 fully saturated rings. The summed E-state index contributed by atoms with van der Waals surface area (Å²) in [5, 5.41) is 3.70. The maximum absolute atomic E-state index is 13.1. The summed E-state index contributed by atoms with van der Waals surface area (Å²) in [7, 11) is 0. The first-order chi connectivity index (χ1) is 10.1. The Morgan fingerprint density at radius 3 is 2.29 bits per heavy atom. The van der Waals surface area contributed by atoms with Crippen molar-refractivity contribution >= 4 is 0 Å². The standard InChI is InChI=1S/C18H29FN2/c1-4-17(15-7-9-16(19)10-8-15)20-13-18(14(2)3)21-11-5-6-12-21/h7-10,14,17-18,20H,4-6,11-13H2,1-3H3. The lowest BCUT2D eigenvalue weighted by Crippen LogP contribution is -2.45. The molecule has 1 N–H and O–H groups in total. The second-order valence-electron chi connectivity index (χ2n) is 6.48. The van der Waals surface area contributed by atoms with Gasteiger partial charge in [-0.05, 0) is 56.0 Å². The number of halogens is 1. The minimum atomic E-state index is -0.161. The van der Waals surface area contributed by atoms with Gasteiger partial charge in [-0.25, -0.2) is 4.39 Å². The summed E-state index contributed by atoms with van der Waals surface area (Å²) in [6.45, 7) is 10.3. The van der Waals surface area contributed by atoms with Gasteiger partial charge in [-0.1, -0.05) is 32.9 Å². The normalized spacial score (nSPS) is 19.1. The smallest absolute Gasteiger partial charge is 0.123 e. The predicted molar refractivity (Wildman–Crippen MR) is 86.9 cm³/mol. The molecule has 0 aromatic heterocycles. The van der Waals surface area contributed by atoms with Crippen molar-refractivity contribution in [1.29, 1.82) is 0 Å². The summed E-state index contributed by atoms with van der Waals surface area (Å²) in [4.78, 5) is 2.62. The second-order valence-corrected chi connectivity index (χ2v) is 6.48. The van der Waals surface area contributed by atoms with Crippen LogP contribution in [0.25, 0.3) is 0 Å². The van der Waals surface area contributed by atoms with Gasteiger partial charge in [0.15, 0.2) is 0 Å². The summed E-state index contributed by atoms with van der Waals surface area (Å²) in [6.07, 6.45) is 3.69. The number of nitrogens with zero attached hydrogens (tertiary/aromatic N) is 1. The zero-order valence-electron chi connectivity index (χ0n) is 13.6. The van der Waals surface area contributed by atoms with E-state index in [9.17, 15) is 4.39 Å². The van der Waals surface area contributed by atoms with Crippen LogP contribution in [-0.2, 0) is 0 Å². The maximum Gasteiger partial charge on any atom is 0.123 e. The zero-order valence-corrected chi connectivity index (χ0v) is 13.6. The molecule has 21 heavy (non-hydrogen) atoms. The van der Waals surface area contributed by atoms with Gasteiger partial charge < -0.3 is 5.32 Å². The summed E-state index contributed by atoms with van der Waals surface area (Å²) in [6, 6.07) is 7.82. The highest BCUT2D eigenvalue weighted by Gasteiger charge is 2.25. The van der Waals surface area contributed by atoms with Crippen molar-refractivity contribution in [3.63, 3.8) is 0 Å². The molecule has 0 radical (unpaired) electrons. The fourth-order valence-electron chi connectivity index (χ4n) is 3.32. The molecule has 2 unspecified atom stereocenters. The monoisotopic (exact) mass is 292 g/mol. The van der Waals surface area contributed by atoms with Gasteiger partial charge in [0, 0.05) is 18.6 Å². The summed E-state index contributed by atoms with van der Waals surface area (Å²) in [5.74, 6) is 0.493. The van der Waals surface area contributed by atoms with Gasteiger partial charge in [0.25, 0.3) is 0 Å². The molecule has 0 amide bonds. The number of hydrogen-bond acceptors (Lipinski definition) is 2. The van der Waals surface area contributed by atoms with Crippen molar-refractivity contribution < 1.29 is 4.39 Å². The molecule has 1 saturated heterocycles. The second kappa shape index (κ2) is 7.90. The number of nitrogens with one attached hydrogen (secondary N) is 1. The molecular weight excluding hydrogens is 263 g/mol.